The van der Waals surface area contributed by atoms with E-state index in [-0.39, 0.29) is 5.56 Å². The van der Waals surface area contributed by atoms with Crippen LogP contribution in [0.2, 0.25) is 0 Å². The Morgan fingerprint density at radius 2 is 1.93 bits per heavy atom. The summed E-state index contributed by atoms with van der Waals surface area (Å²) < 4.78 is 37.8. The number of rotatable bonds is 1. The molecule has 0 fully saturated rings. The normalized spacial score (nSPS) is 11.5. The van der Waals surface area contributed by atoms with Crippen LogP contribution in [0.25, 0.3) is 0 Å². The summed E-state index contributed by atoms with van der Waals surface area (Å²) in [6.07, 6.45) is -3.69. The average Bonchev–Trinajstić information content (AvgIpc) is 2.01. The topological polar surface area (TPSA) is 23.9 Å². The molecule has 14 heavy (non-hydrogen) atoms. The molecule has 0 aliphatic carbocycles. The first-order valence-electron chi connectivity index (χ1n) is 3.74. The van der Waals surface area contributed by atoms with Crippen LogP contribution in [-0.2, 0) is 6.18 Å². The average molecular weight is 266 g/mol. The van der Waals surface area contributed by atoms with Crippen molar-refractivity contribution < 1.29 is 13.2 Å². The van der Waals surface area contributed by atoms with Gasteiger partial charge in [-0.3, -0.25) is 0 Å². The molecule has 76 valence electrons. The molecule has 0 aromatic heterocycles. The van der Waals surface area contributed by atoms with Gasteiger partial charge < -0.3 is 5.41 Å². The van der Waals surface area contributed by atoms with Crippen molar-refractivity contribution in [3.05, 3.63) is 33.3 Å². The zero-order chi connectivity index (χ0) is 10.9. The van der Waals surface area contributed by atoms with Crippen molar-refractivity contribution in [2.45, 2.75) is 13.1 Å². The first-order chi connectivity index (χ1) is 6.36. The predicted molar refractivity (Wildman–Crippen MR) is 51.8 cm³/mol. The molecule has 0 spiro atoms. The van der Waals surface area contributed by atoms with Gasteiger partial charge in [0.05, 0.1) is 5.56 Å². The van der Waals surface area contributed by atoms with E-state index in [1.54, 1.807) is 13.0 Å². The van der Waals surface area contributed by atoms with Crippen LogP contribution in [-0.4, -0.2) is 6.21 Å². The van der Waals surface area contributed by atoms with Crippen LogP contribution in [0.3, 0.4) is 0 Å². The maximum atomic E-state index is 12.5. The summed E-state index contributed by atoms with van der Waals surface area (Å²) >= 11 is 2.99. The van der Waals surface area contributed by atoms with Crippen molar-refractivity contribution in [2.75, 3.05) is 0 Å². The Balaban J connectivity index is 3.48. The van der Waals surface area contributed by atoms with E-state index in [2.05, 4.69) is 15.9 Å². The molecule has 0 atom stereocenters. The van der Waals surface area contributed by atoms with Gasteiger partial charge in [0.15, 0.2) is 0 Å². The molecule has 0 unspecified atom stereocenters. The van der Waals surface area contributed by atoms with Crippen LogP contribution in [0.5, 0.6) is 0 Å². The Bertz CT molecular complexity index is 371. The second kappa shape index (κ2) is 3.73. The number of hydrogen-bond acceptors (Lipinski definition) is 1. The first-order valence-corrected chi connectivity index (χ1v) is 4.53. The van der Waals surface area contributed by atoms with Crippen LogP contribution in [0.15, 0.2) is 16.6 Å². The van der Waals surface area contributed by atoms with E-state index in [1.807, 2.05) is 0 Å². The number of halogens is 4. The Morgan fingerprint density at radius 3 is 2.36 bits per heavy atom. The molecule has 1 aromatic carbocycles. The summed E-state index contributed by atoms with van der Waals surface area (Å²) in [4.78, 5) is 0. The summed E-state index contributed by atoms with van der Waals surface area (Å²) in [7, 11) is 0. The Morgan fingerprint density at radius 1 is 1.36 bits per heavy atom. The maximum Gasteiger partial charge on any atom is 0.417 e. The molecule has 0 aliphatic heterocycles. The molecule has 0 aliphatic rings. The highest BCUT2D eigenvalue weighted by Crippen LogP contribution is 2.34. The lowest BCUT2D eigenvalue weighted by Gasteiger charge is -2.12. The smallest absolute Gasteiger partial charge is 0.308 e. The van der Waals surface area contributed by atoms with E-state index in [1.165, 1.54) is 0 Å². The van der Waals surface area contributed by atoms with E-state index >= 15 is 0 Å². The molecule has 0 saturated carbocycles. The zero-order valence-electron chi connectivity index (χ0n) is 7.24. The minimum Gasteiger partial charge on any atom is -0.308 e. The van der Waals surface area contributed by atoms with Crippen LogP contribution in [0.4, 0.5) is 13.2 Å². The molecular weight excluding hydrogens is 259 g/mol. The number of hydrogen-bond donors (Lipinski definition) is 1. The quantitative estimate of drug-likeness (QED) is 0.748. The second-order valence-corrected chi connectivity index (χ2v) is 3.74. The fourth-order valence-electron chi connectivity index (χ4n) is 1.18. The van der Waals surface area contributed by atoms with Crippen LogP contribution in [0.1, 0.15) is 16.7 Å². The number of alkyl halides is 3. The third-order valence-corrected chi connectivity index (χ3v) is 2.26. The van der Waals surface area contributed by atoms with Gasteiger partial charge in [-0.05, 0) is 24.6 Å². The van der Waals surface area contributed by atoms with Crippen molar-refractivity contribution in [3.63, 3.8) is 0 Å². The highest BCUT2D eigenvalue weighted by molar-refractivity contribution is 9.10. The molecule has 1 nitrogen and oxygen atoms in total. The largest absolute Gasteiger partial charge is 0.417 e. The Hall–Kier alpha value is -0.840. The fraction of sp³-hybridized carbons (Fsp3) is 0.222. The number of aryl methyl sites for hydroxylation is 1. The van der Waals surface area contributed by atoms with E-state index < -0.39 is 11.7 Å². The van der Waals surface area contributed by atoms with Crippen molar-refractivity contribution in [1.29, 1.82) is 5.41 Å². The first kappa shape index (κ1) is 11.2. The fourth-order valence-corrected chi connectivity index (χ4v) is 1.75. The van der Waals surface area contributed by atoms with Gasteiger partial charge in [-0.25, -0.2) is 0 Å². The lowest BCUT2D eigenvalue weighted by molar-refractivity contribution is -0.137. The minimum absolute atomic E-state index is 0.0827. The van der Waals surface area contributed by atoms with Gasteiger partial charge in [0.25, 0.3) is 0 Å². The molecule has 0 saturated heterocycles. The second-order valence-electron chi connectivity index (χ2n) is 2.83. The SMILES string of the molecule is Cc1cc(Br)cc(C(F)(F)F)c1C=N. The monoisotopic (exact) mass is 265 g/mol. The van der Waals surface area contributed by atoms with Crippen LogP contribution < -0.4 is 0 Å². The molecule has 0 radical (unpaired) electrons. The molecule has 0 bridgehead atoms. The van der Waals surface area contributed by atoms with E-state index in [0.717, 1.165) is 12.3 Å². The van der Waals surface area contributed by atoms with Gasteiger partial charge in [0.1, 0.15) is 0 Å². The third-order valence-electron chi connectivity index (χ3n) is 1.80. The standard InChI is InChI=1S/C9H7BrF3N/c1-5-2-6(10)3-8(7(5)4-14)9(11,12)13/h2-4,14H,1H3. The van der Waals surface area contributed by atoms with Crippen molar-refractivity contribution in [2.24, 2.45) is 0 Å². The van der Waals surface area contributed by atoms with Gasteiger partial charge in [-0.2, -0.15) is 13.2 Å². The summed E-state index contributed by atoms with van der Waals surface area (Å²) in [6.45, 7) is 1.54. The number of nitrogens with one attached hydrogen (secondary N) is 1. The van der Waals surface area contributed by atoms with Crippen LogP contribution >= 0.6 is 15.9 Å². The van der Waals surface area contributed by atoms with E-state index in [0.29, 0.717) is 10.0 Å². The van der Waals surface area contributed by atoms with Crippen molar-refractivity contribution in [1.82, 2.24) is 0 Å². The molecular formula is C9H7BrF3N. The molecule has 0 amide bonds. The minimum atomic E-state index is -4.42. The Kier molecular flexibility index (Phi) is 2.99. The highest BCUT2D eigenvalue weighted by Gasteiger charge is 2.33. The Labute approximate surface area is 87.6 Å². The number of benzene rings is 1. The molecule has 1 N–H and O–H groups in total. The van der Waals surface area contributed by atoms with Gasteiger partial charge in [0, 0.05) is 16.3 Å². The van der Waals surface area contributed by atoms with Gasteiger partial charge in [-0.1, -0.05) is 15.9 Å². The van der Waals surface area contributed by atoms with Crippen molar-refractivity contribution >= 4 is 22.1 Å². The lowest BCUT2D eigenvalue weighted by Crippen LogP contribution is -2.10. The molecule has 1 aromatic rings. The summed E-state index contributed by atoms with van der Waals surface area (Å²) in [5.41, 5.74) is -0.429. The van der Waals surface area contributed by atoms with Gasteiger partial charge in [0.2, 0.25) is 0 Å². The summed E-state index contributed by atoms with van der Waals surface area (Å²) in [5, 5.41) is 6.94. The summed E-state index contributed by atoms with van der Waals surface area (Å²) in [5.74, 6) is 0. The highest BCUT2D eigenvalue weighted by atomic mass is 79.9. The van der Waals surface area contributed by atoms with Crippen LogP contribution in [0, 0.1) is 12.3 Å². The lowest BCUT2D eigenvalue weighted by atomic mass is 10.0. The molecule has 1 rings (SSSR count). The molecule has 5 heteroatoms. The zero-order valence-corrected chi connectivity index (χ0v) is 8.83. The summed E-state index contributed by atoms with van der Waals surface area (Å²) in [6, 6.07) is 2.53. The third kappa shape index (κ3) is 2.15. The van der Waals surface area contributed by atoms with E-state index in [9.17, 15) is 13.2 Å². The van der Waals surface area contributed by atoms with Gasteiger partial charge >= 0.3 is 6.18 Å². The maximum absolute atomic E-state index is 12.5. The van der Waals surface area contributed by atoms with Crippen molar-refractivity contribution in [3.8, 4) is 0 Å². The molecule has 0 heterocycles. The van der Waals surface area contributed by atoms with Gasteiger partial charge in [-0.15, -0.1) is 0 Å². The predicted octanol–water partition coefficient (Wildman–Crippen LogP) is 3.77. The van der Waals surface area contributed by atoms with E-state index in [4.69, 9.17) is 5.41 Å².